The van der Waals surface area contributed by atoms with Crippen molar-refractivity contribution in [1.29, 1.82) is 0 Å². The summed E-state index contributed by atoms with van der Waals surface area (Å²) < 4.78 is 5.18. The van der Waals surface area contributed by atoms with Gasteiger partial charge in [-0.15, -0.1) is 0 Å². The number of hydrogen-bond donors (Lipinski definition) is 1. The number of hydrogen-bond acceptors (Lipinski definition) is 3. The predicted molar refractivity (Wildman–Crippen MR) is 60.7 cm³/mol. The van der Waals surface area contributed by atoms with Crippen molar-refractivity contribution in [3.63, 3.8) is 0 Å². The van der Waals surface area contributed by atoms with Crippen molar-refractivity contribution in [1.82, 2.24) is 5.32 Å². The molecule has 0 aromatic carbocycles. The predicted octanol–water partition coefficient (Wildman–Crippen LogP) is 2.11. The molecule has 1 fully saturated rings. The van der Waals surface area contributed by atoms with Crippen LogP contribution in [0.2, 0.25) is 0 Å². The van der Waals surface area contributed by atoms with Crippen molar-refractivity contribution < 1.29 is 9.53 Å². The Bertz CT molecular complexity index is 186. The summed E-state index contributed by atoms with van der Waals surface area (Å²) in [6.45, 7) is 5.75. The van der Waals surface area contributed by atoms with Gasteiger partial charge >= 0.3 is 5.97 Å². The number of carbonyl (C=O) groups is 1. The van der Waals surface area contributed by atoms with E-state index in [1.54, 1.807) is 0 Å². The molecule has 0 bridgehead atoms. The molecule has 0 spiro atoms. The molecule has 1 rings (SSSR count). The van der Waals surface area contributed by atoms with Gasteiger partial charge in [0, 0.05) is 12.5 Å². The molecule has 1 atom stereocenters. The fourth-order valence-electron chi connectivity index (χ4n) is 1.88. The number of esters is 1. The average Bonchev–Trinajstić information content (AvgIpc) is 2.18. The lowest BCUT2D eigenvalue weighted by Crippen LogP contribution is -2.35. The van der Waals surface area contributed by atoms with Gasteiger partial charge < -0.3 is 10.1 Å². The summed E-state index contributed by atoms with van der Waals surface area (Å²) in [5, 5.41) is 3.44. The first kappa shape index (κ1) is 12.5. The van der Waals surface area contributed by atoms with E-state index in [1.165, 1.54) is 19.3 Å². The first-order chi connectivity index (χ1) is 7.18. The maximum absolute atomic E-state index is 11.3. The van der Waals surface area contributed by atoms with Crippen molar-refractivity contribution in [2.75, 3.05) is 13.2 Å². The summed E-state index contributed by atoms with van der Waals surface area (Å²) in [5.41, 5.74) is 0. The van der Waals surface area contributed by atoms with Crippen LogP contribution >= 0.6 is 0 Å². The summed E-state index contributed by atoms with van der Waals surface area (Å²) in [6.07, 6.45) is 5.31. The zero-order valence-electron chi connectivity index (χ0n) is 9.92. The number of ether oxygens (including phenoxy) is 1. The maximum Gasteiger partial charge on any atom is 0.306 e. The van der Waals surface area contributed by atoms with E-state index >= 15 is 0 Å². The van der Waals surface area contributed by atoms with Gasteiger partial charge in [0.2, 0.25) is 0 Å². The molecule has 1 aliphatic heterocycles. The molecule has 88 valence electrons. The molecule has 0 aromatic heterocycles. The number of carbonyl (C=O) groups excluding carboxylic acids is 1. The monoisotopic (exact) mass is 213 g/mol. The van der Waals surface area contributed by atoms with Crippen molar-refractivity contribution in [3.05, 3.63) is 0 Å². The molecule has 1 N–H and O–H groups in total. The lowest BCUT2D eigenvalue weighted by molar-refractivity contribution is -0.144. The average molecular weight is 213 g/mol. The van der Waals surface area contributed by atoms with Crippen LogP contribution in [0.5, 0.6) is 0 Å². The minimum atomic E-state index is -0.0548. The highest BCUT2D eigenvalue weighted by Crippen LogP contribution is 2.10. The Hall–Kier alpha value is -0.570. The minimum absolute atomic E-state index is 0.0548. The molecular weight excluding hydrogens is 190 g/mol. The van der Waals surface area contributed by atoms with Crippen LogP contribution in [0.1, 0.15) is 46.0 Å². The molecule has 15 heavy (non-hydrogen) atoms. The van der Waals surface area contributed by atoms with Crippen LogP contribution in [0.15, 0.2) is 0 Å². The summed E-state index contributed by atoms with van der Waals surface area (Å²) in [5.74, 6) is 0.339. The first-order valence-corrected chi connectivity index (χ1v) is 6.07. The van der Waals surface area contributed by atoms with Crippen LogP contribution in [0.3, 0.4) is 0 Å². The molecule has 1 heterocycles. The summed E-state index contributed by atoms with van der Waals surface area (Å²) in [7, 11) is 0. The maximum atomic E-state index is 11.3. The molecule has 1 aliphatic rings. The Balaban J connectivity index is 2.02. The second kappa shape index (κ2) is 6.83. The molecule has 0 radical (unpaired) electrons. The highest BCUT2D eigenvalue weighted by Gasteiger charge is 2.13. The SMILES string of the molecule is CC(C)CC(=O)OCC[C@H]1CCCCN1. The van der Waals surface area contributed by atoms with E-state index in [9.17, 15) is 4.79 Å². The molecule has 3 heteroatoms. The Morgan fingerprint density at radius 2 is 2.27 bits per heavy atom. The van der Waals surface area contributed by atoms with E-state index in [4.69, 9.17) is 4.74 Å². The van der Waals surface area contributed by atoms with Crippen molar-refractivity contribution in [3.8, 4) is 0 Å². The van der Waals surface area contributed by atoms with Gasteiger partial charge in [-0.25, -0.2) is 0 Å². The van der Waals surface area contributed by atoms with Gasteiger partial charge in [-0.05, 0) is 31.7 Å². The Morgan fingerprint density at radius 3 is 2.87 bits per heavy atom. The first-order valence-electron chi connectivity index (χ1n) is 6.07. The highest BCUT2D eigenvalue weighted by atomic mass is 16.5. The van der Waals surface area contributed by atoms with Gasteiger partial charge in [0.05, 0.1) is 6.61 Å². The molecule has 1 saturated heterocycles. The van der Waals surface area contributed by atoms with Crippen molar-refractivity contribution in [2.45, 2.75) is 52.0 Å². The number of rotatable bonds is 5. The smallest absolute Gasteiger partial charge is 0.306 e. The van der Waals surface area contributed by atoms with E-state index < -0.39 is 0 Å². The molecule has 0 amide bonds. The van der Waals surface area contributed by atoms with E-state index in [-0.39, 0.29) is 5.97 Å². The van der Waals surface area contributed by atoms with Gasteiger partial charge in [-0.2, -0.15) is 0 Å². The molecule has 3 nitrogen and oxygen atoms in total. The lowest BCUT2D eigenvalue weighted by Gasteiger charge is -2.23. The Labute approximate surface area is 92.6 Å². The quantitative estimate of drug-likeness (QED) is 0.711. The third-order valence-electron chi connectivity index (χ3n) is 2.72. The third kappa shape index (κ3) is 5.78. The van der Waals surface area contributed by atoms with Crippen LogP contribution in [0, 0.1) is 5.92 Å². The van der Waals surface area contributed by atoms with Gasteiger partial charge in [-0.1, -0.05) is 20.3 Å². The molecule has 0 unspecified atom stereocenters. The largest absolute Gasteiger partial charge is 0.466 e. The van der Waals surface area contributed by atoms with Crippen LogP contribution in [-0.4, -0.2) is 25.2 Å². The van der Waals surface area contributed by atoms with E-state index in [0.29, 0.717) is 25.0 Å². The van der Waals surface area contributed by atoms with Gasteiger partial charge in [-0.3, -0.25) is 4.79 Å². The standard InChI is InChI=1S/C12H23NO2/c1-10(2)9-12(14)15-8-6-11-5-3-4-7-13-11/h10-11,13H,3-9H2,1-2H3/t11-/m1/s1. The van der Waals surface area contributed by atoms with E-state index in [2.05, 4.69) is 5.32 Å². The fourth-order valence-corrected chi connectivity index (χ4v) is 1.88. The molecule has 0 aliphatic carbocycles. The summed E-state index contributed by atoms with van der Waals surface area (Å²) in [4.78, 5) is 11.3. The third-order valence-corrected chi connectivity index (χ3v) is 2.72. The molecule has 0 aromatic rings. The van der Waals surface area contributed by atoms with Crippen LogP contribution < -0.4 is 5.32 Å². The van der Waals surface area contributed by atoms with Gasteiger partial charge in [0.15, 0.2) is 0 Å². The number of piperidine rings is 1. The van der Waals surface area contributed by atoms with Crippen LogP contribution in [0.25, 0.3) is 0 Å². The van der Waals surface area contributed by atoms with Crippen molar-refractivity contribution >= 4 is 5.97 Å². The Kier molecular flexibility index (Phi) is 5.69. The number of nitrogens with one attached hydrogen (secondary N) is 1. The van der Waals surface area contributed by atoms with Crippen molar-refractivity contribution in [2.24, 2.45) is 5.92 Å². The fraction of sp³-hybridized carbons (Fsp3) is 0.917. The second-order valence-corrected chi connectivity index (χ2v) is 4.75. The van der Waals surface area contributed by atoms with Gasteiger partial charge in [0.25, 0.3) is 0 Å². The van der Waals surface area contributed by atoms with E-state index in [1.807, 2.05) is 13.8 Å². The zero-order chi connectivity index (χ0) is 11.1. The van der Waals surface area contributed by atoms with Gasteiger partial charge in [0.1, 0.15) is 0 Å². The topological polar surface area (TPSA) is 38.3 Å². The highest BCUT2D eigenvalue weighted by molar-refractivity contribution is 5.69. The summed E-state index contributed by atoms with van der Waals surface area (Å²) in [6, 6.07) is 0.561. The molecule has 0 saturated carbocycles. The lowest BCUT2D eigenvalue weighted by atomic mass is 10.0. The molecular formula is C12H23NO2. The van der Waals surface area contributed by atoms with E-state index in [0.717, 1.165) is 13.0 Å². The zero-order valence-corrected chi connectivity index (χ0v) is 9.92. The normalized spacial score (nSPS) is 21.7. The summed E-state index contributed by atoms with van der Waals surface area (Å²) >= 11 is 0. The van der Waals surface area contributed by atoms with Crippen LogP contribution in [0.4, 0.5) is 0 Å². The van der Waals surface area contributed by atoms with Crippen LogP contribution in [-0.2, 0) is 9.53 Å². The minimum Gasteiger partial charge on any atom is -0.466 e. The Morgan fingerprint density at radius 1 is 1.47 bits per heavy atom. The second-order valence-electron chi connectivity index (χ2n) is 4.75.